The van der Waals surface area contributed by atoms with Crippen LogP contribution in [-0.2, 0) is 17.5 Å². The third-order valence-electron chi connectivity index (χ3n) is 4.97. The van der Waals surface area contributed by atoms with Gasteiger partial charge in [-0.1, -0.05) is 12.1 Å². The van der Waals surface area contributed by atoms with Crippen LogP contribution in [-0.4, -0.2) is 40.7 Å². The standard InChI is InChI=1S/C21H18F3N3O3/c1-29-18-10-15(21(22,23)24)4-5-16(18)13-3-6-17-14(9-13)11-27(20(28)30-17)12-19-25-7-2-8-26-19/h2-5,7-10,17H,6,11-12H2,1H3. The minimum Gasteiger partial charge on any atom is -0.496 e. The number of carbonyl (C=O) groups excluding carboxylic acids is 1. The van der Waals surface area contributed by atoms with Crippen molar-refractivity contribution < 1.29 is 27.4 Å². The number of nitrogens with zero attached hydrogens (tertiary/aromatic N) is 3. The van der Waals surface area contributed by atoms with Crippen LogP contribution < -0.4 is 4.74 Å². The molecule has 0 spiro atoms. The first-order valence-electron chi connectivity index (χ1n) is 9.23. The number of alkyl halides is 3. The second-order valence-electron chi connectivity index (χ2n) is 6.92. The van der Waals surface area contributed by atoms with Crippen molar-refractivity contribution in [3.05, 3.63) is 71.3 Å². The Labute approximate surface area is 170 Å². The average molecular weight is 417 g/mol. The van der Waals surface area contributed by atoms with Crippen LogP contribution in [0.5, 0.6) is 5.75 Å². The minimum absolute atomic E-state index is 0.133. The first-order valence-corrected chi connectivity index (χ1v) is 9.23. The van der Waals surface area contributed by atoms with Crippen molar-refractivity contribution in [1.29, 1.82) is 0 Å². The van der Waals surface area contributed by atoms with E-state index in [1.165, 1.54) is 18.1 Å². The number of methoxy groups -OCH3 is 1. The summed E-state index contributed by atoms with van der Waals surface area (Å²) >= 11 is 0. The molecule has 1 aliphatic carbocycles. The Hall–Kier alpha value is -3.36. The largest absolute Gasteiger partial charge is 0.496 e. The van der Waals surface area contributed by atoms with Gasteiger partial charge >= 0.3 is 12.3 Å². The van der Waals surface area contributed by atoms with E-state index in [-0.39, 0.29) is 12.3 Å². The van der Waals surface area contributed by atoms with Gasteiger partial charge < -0.3 is 9.47 Å². The zero-order chi connectivity index (χ0) is 21.3. The lowest BCUT2D eigenvalue weighted by atomic mass is 9.90. The number of allylic oxidation sites excluding steroid dienone is 2. The van der Waals surface area contributed by atoms with Gasteiger partial charge in [0.05, 0.1) is 19.2 Å². The Morgan fingerprint density at radius 1 is 1.27 bits per heavy atom. The lowest BCUT2D eigenvalue weighted by Gasteiger charge is -2.35. The highest BCUT2D eigenvalue weighted by Crippen LogP contribution is 2.38. The van der Waals surface area contributed by atoms with Gasteiger partial charge in [0.25, 0.3) is 0 Å². The van der Waals surface area contributed by atoms with E-state index in [0.29, 0.717) is 24.4 Å². The number of amides is 1. The third-order valence-corrected chi connectivity index (χ3v) is 4.97. The van der Waals surface area contributed by atoms with Crippen molar-refractivity contribution in [3.63, 3.8) is 0 Å². The number of rotatable bonds is 4. The summed E-state index contributed by atoms with van der Waals surface area (Å²) < 4.78 is 49.8. The summed E-state index contributed by atoms with van der Waals surface area (Å²) in [6, 6.07) is 5.10. The molecule has 2 aliphatic rings. The molecule has 30 heavy (non-hydrogen) atoms. The van der Waals surface area contributed by atoms with Gasteiger partial charge in [-0.2, -0.15) is 13.2 Å². The molecule has 6 nitrogen and oxygen atoms in total. The smallest absolute Gasteiger partial charge is 0.416 e. The number of hydrogen-bond acceptors (Lipinski definition) is 5. The molecule has 1 atom stereocenters. The first-order chi connectivity index (χ1) is 14.3. The van der Waals surface area contributed by atoms with Gasteiger partial charge in [-0.15, -0.1) is 0 Å². The van der Waals surface area contributed by atoms with Crippen LogP contribution in [0.15, 0.2) is 54.4 Å². The van der Waals surface area contributed by atoms with E-state index in [1.807, 2.05) is 12.2 Å². The zero-order valence-corrected chi connectivity index (χ0v) is 16.0. The summed E-state index contributed by atoms with van der Waals surface area (Å²) in [7, 11) is 1.34. The summed E-state index contributed by atoms with van der Waals surface area (Å²) in [5, 5.41) is 0. The molecule has 1 aromatic heterocycles. The predicted octanol–water partition coefficient (Wildman–Crippen LogP) is 4.24. The molecule has 4 rings (SSSR count). The van der Waals surface area contributed by atoms with Crippen LogP contribution in [0, 0.1) is 0 Å². The molecular formula is C21H18F3N3O3. The lowest BCUT2D eigenvalue weighted by Crippen LogP contribution is -2.44. The molecule has 156 valence electrons. The molecule has 0 bridgehead atoms. The number of fused-ring (bicyclic) bond motifs is 1. The van der Waals surface area contributed by atoms with Crippen molar-refractivity contribution in [2.24, 2.45) is 0 Å². The van der Waals surface area contributed by atoms with Crippen molar-refractivity contribution in [1.82, 2.24) is 14.9 Å². The Kier molecular flexibility index (Phi) is 5.19. The second kappa shape index (κ2) is 7.81. The Bertz CT molecular complexity index is 1020. The fourth-order valence-corrected chi connectivity index (χ4v) is 3.49. The van der Waals surface area contributed by atoms with Crippen LogP contribution in [0.3, 0.4) is 0 Å². The van der Waals surface area contributed by atoms with Gasteiger partial charge in [-0.25, -0.2) is 14.8 Å². The van der Waals surface area contributed by atoms with Crippen LogP contribution >= 0.6 is 0 Å². The summed E-state index contributed by atoms with van der Waals surface area (Å²) in [6.45, 7) is 0.522. The Morgan fingerprint density at radius 3 is 2.73 bits per heavy atom. The van der Waals surface area contributed by atoms with Gasteiger partial charge in [-0.3, -0.25) is 4.90 Å². The maximum atomic E-state index is 13.0. The van der Waals surface area contributed by atoms with E-state index in [4.69, 9.17) is 9.47 Å². The second-order valence-corrected chi connectivity index (χ2v) is 6.92. The van der Waals surface area contributed by atoms with Crippen LogP contribution in [0.1, 0.15) is 23.4 Å². The maximum Gasteiger partial charge on any atom is 0.416 e. The highest BCUT2D eigenvalue weighted by atomic mass is 19.4. The van der Waals surface area contributed by atoms with E-state index in [1.54, 1.807) is 18.5 Å². The quantitative estimate of drug-likeness (QED) is 0.745. The van der Waals surface area contributed by atoms with Crippen molar-refractivity contribution in [3.8, 4) is 5.75 Å². The monoisotopic (exact) mass is 417 g/mol. The Balaban J connectivity index is 1.59. The number of hydrogen-bond donors (Lipinski definition) is 0. The molecule has 1 saturated heterocycles. The molecule has 0 radical (unpaired) electrons. The lowest BCUT2D eigenvalue weighted by molar-refractivity contribution is -0.137. The topological polar surface area (TPSA) is 64.6 Å². The summed E-state index contributed by atoms with van der Waals surface area (Å²) in [4.78, 5) is 22.1. The molecule has 1 unspecified atom stereocenters. The highest BCUT2D eigenvalue weighted by molar-refractivity contribution is 5.81. The number of ether oxygens (including phenoxy) is 2. The number of halogens is 3. The van der Waals surface area contributed by atoms with Crippen LogP contribution in [0.25, 0.3) is 5.57 Å². The van der Waals surface area contributed by atoms with E-state index in [2.05, 4.69) is 9.97 Å². The highest BCUT2D eigenvalue weighted by Gasteiger charge is 2.34. The number of benzene rings is 1. The number of carbonyl (C=O) groups is 1. The van der Waals surface area contributed by atoms with Crippen LogP contribution in [0.4, 0.5) is 18.0 Å². The molecule has 1 aliphatic heterocycles. The summed E-state index contributed by atoms with van der Waals surface area (Å²) in [5.74, 6) is 0.623. The zero-order valence-electron chi connectivity index (χ0n) is 16.0. The van der Waals surface area contributed by atoms with E-state index in [9.17, 15) is 18.0 Å². The van der Waals surface area contributed by atoms with E-state index >= 15 is 0 Å². The summed E-state index contributed by atoms with van der Waals surface area (Å²) in [6.07, 6.45) is 2.01. The first kappa shape index (κ1) is 19.9. The average Bonchev–Trinajstić information content (AvgIpc) is 2.73. The fraction of sp³-hybridized carbons (Fsp3) is 0.286. The van der Waals surface area contributed by atoms with Crippen LogP contribution in [0.2, 0.25) is 0 Å². The fourth-order valence-electron chi connectivity index (χ4n) is 3.49. The van der Waals surface area contributed by atoms with E-state index in [0.717, 1.165) is 23.3 Å². The SMILES string of the molecule is COc1cc(C(F)(F)F)ccc1C1=CCC2OC(=O)N(Cc3ncccn3)CC2=C1. The van der Waals surface area contributed by atoms with E-state index < -0.39 is 23.9 Å². The van der Waals surface area contributed by atoms with Gasteiger partial charge in [0.2, 0.25) is 0 Å². The Morgan fingerprint density at radius 2 is 2.03 bits per heavy atom. The molecule has 2 heterocycles. The third kappa shape index (κ3) is 4.00. The minimum atomic E-state index is -4.45. The predicted molar refractivity (Wildman–Crippen MR) is 101 cm³/mol. The van der Waals surface area contributed by atoms with Gasteiger partial charge in [-0.05, 0) is 35.4 Å². The molecule has 1 amide bonds. The normalized spacial score (nSPS) is 18.9. The molecule has 0 saturated carbocycles. The molecule has 1 aromatic carbocycles. The van der Waals surface area contributed by atoms with Crippen molar-refractivity contribution >= 4 is 11.7 Å². The van der Waals surface area contributed by atoms with Crippen molar-refractivity contribution in [2.45, 2.75) is 25.2 Å². The van der Waals surface area contributed by atoms with Crippen molar-refractivity contribution in [2.75, 3.05) is 13.7 Å². The summed E-state index contributed by atoms with van der Waals surface area (Å²) in [5.41, 5.74) is 1.35. The van der Waals surface area contributed by atoms with Gasteiger partial charge in [0.1, 0.15) is 17.7 Å². The molecule has 9 heteroatoms. The van der Waals surface area contributed by atoms with Gasteiger partial charge in [0, 0.05) is 30.9 Å². The molecule has 1 fully saturated rings. The molecule has 2 aromatic rings. The maximum absolute atomic E-state index is 13.0. The molecule has 0 N–H and O–H groups in total. The number of aromatic nitrogens is 2. The molecular weight excluding hydrogens is 399 g/mol. The van der Waals surface area contributed by atoms with Gasteiger partial charge in [0.15, 0.2) is 0 Å².